The Labute approximate surface area is 158 Å². The van der Waals surface area contributed by atoms with Crippen LogP contribution in [0.4, 0.5) is 0 Å². The van der Waals surface area contributed by atoms with Crippen LogP contribution in [0.25, 0.3) is 0 Å². The molecule has 1 aromatic carbocycles. The lowest BCUT2D eigenvalue weighted by Crippen LogP contribution is -2.49. The molecule has 1 saturated heterocycles. The molecular formula is C21H24N2O4. The molecule has 1 amide bonds. The first-order chi connectivity index (χ1) is 13.1. The van der Waals surface area contributed by atoms with Crippen LogP contribution in [0.15, 0.2) is 30.3 Å². The summed E-state index contributed by atoms with van der Waals surface area (Å²) in [5, 5.41) is 10.3. The highest BCUT2D eigenvalue weighted by atomic mass is 16.5. The van der Waals surface area contributed by atoms with E-state index in [9.17, 15) is 9.90 Å². The Morgan fingerprint density at radius 2 is 2.11 bits per heavy atom. The molecule has 1 N–H and O–H groups in total. The first-order valence-electron chi connectivity index (χ1n) is 9.26. The zero-order valence-electron chi connectivity index (χ0n) is 15.6. The average molecular weight is 368 g/mol. The summed E-state index contributed by atoms with van der Waals surface area (Å²) in [5.41, 5.74) is 4.53. The fourth-order valence-electron chi connectivity index (χ4n) is 3.81. The number of nitrogens with zero attached hydrogens (tertiary/aromatic N) is 2. The van der Waals surface area contributed by atoms with Gasteiger partial charge in [0, 0.05) is 12.3 Å². The van der Waals surface area contributed by atoms with E-state index in [1.165, 1.54) is 0 Å². The molecule has 3 heterocycles. The number of aliphatic hydroxyl groups is 1. The second kappa shape index (κ2) is 7.29. The van der Waals surface area contributed by atoms with Gasteiger partial charge in [-0.25, -0.2) is 0 Å². The lowest BCUT2D eigenvalue weighted by atomic mass is 10.0. The quantitative estimate of drug-likeness (QED) is 0.895. The van der Waals surface area contributed by atoms with Gasteiger partial charge in [0.05, 0.1) is 43.7 Å². The van der Waals surface area contributed by atoms with Gasteiger partial charge in [0.2, 0.25) is 0 Å². The number of fused-ring (bicyclic) bond motifs is 1. The molecule has 142 valence electrons. The Morgan fingerprint density at radius 1 is 1.33 bits per heavy atom. The second-order valence-electron chi connectivity index (χ2n) is 7.18. The number of aliphatic hydroxyl groups excluding tert-OH is 1. The maximum Gasteiger partial charge on any atom is 0.256 e. The van der Waals surface area contributed by atoms with Crippen LogP contribution >= 0.6 is 0 Å². The van der Waals surface area contributed by atoms with Gasteiger partial charge in [0.1, 0.15) is 5.75 Å². The molecule has 2 atom stereocenters. The van der Waals surface area contributed by atoms with E-state index in [4.69, 9.17) is 14.5 Å². The molecule has 1 fully saturated rings. The SMILES string of the molecule is COc1ccc(Cc2cc3c(nc2C)CN(C2COCCC2O)C3=O)cc1. The summed E-state index contributed by atoms with van der Waals surface area (Å²) in [6.45, 7) is 3.32. The molecule has 2 aromatic rings. The molecule has 0 aliphatic carbocycles. The summed E-state index contributed by atoms with van der Waals surface area (Å²) in [7, 11) is 1.65. The lowest BCUT2D eigenvalue weighted by Gasteiger charge is -2.34. The van der Waals surface area contributed by atoms with E-state index in [2.05, 4.69) is 0 Å². The molecule has 6 nitrogen and oxygen atoms in total. The predicted octanol–water partition coefficient (Wildman–Crippen LogP) is 2.10. The first kappa shape index (κ1) is 17.9. The Balaban J connectivity index is 1.57. The van der Waals surface area contributed by atoms with Gasteiger partial charge in [-0.2, -0.15) is 0 Å². The van der Waals surface area contributed by atoms with E-state index < -0.39 is 6.10 Å². The minimum absolute atomic E-state index is 0.0666. The van der Waals surface area contributed by atoms with Gasteiger partial charge >= 0.3 is 0 Å². The molecule has 2 aliphatic heterocycles. The summed E-state index contributed by atoms with van der Waals surface area (Å²) < 4.78 is 10.7. The van der Waals surface area contributed by atoms with Crippen molar-refractivity contribution in [2.75, 3.05) is 20.3 Å². The number of benzene rings is 1. The molecule has 4 rings (SSSR count). The standard InChI is InChI=1S/C21H24N2O4/c1-13-15(9-14-3-5-16(26-2)6-4-14)10-17-18(22-13)11-23(21(17)25)19-12-27-8-7-20(19)24/h3-6,10,19-20,24H,7-9,11-12H2,1-2H3. The van der Waals surface area contributed by atoms with Crippen molar-refractivity contribution >= 4 is 5.91 Å². The number of ether oxygens (including phenoxy) is 2. The number of carbonyl (C=O) groups is 1. The van der Waals surface area contributed by atoms with E-state index in [-0.39, 0.29) is 11.9 Å². The smallest absolute Gasteiger partial charge is 0.256 e. The number of carbonyl (C=O) groups excluding carboxylic acids is 1. The summed E-state index contributed by atoms with van der Waals surface area (Å²) in [4.78, 5) is 19.3. The molecule has 27 heavy (non-hydrogen) atoms. The van der Waals surface area contributed by atoms with E-state index in [1.807, 2.05) is 37.3 Å². The van der Waals surface area contributed by atoms with Crippen molar-refractivity contribution in [3.63, 3.8) is 0 Å². The third kappa shape index (κ3) is 3.42. The Hall–Kier alpha value is -2.44. The van der Waals surface area contributed by atoms with Crippen molar-refractivity contribution < 1.29 is 19.4 Å². The van der Waals surface area contributed by atoms with E-state index in [0.29, 0.717) is 38.2 Å². The third-order valence-corrected chi connectivity index (χ3v) is 5.45. The Morgan fingerprint density at radius 3 is 2.81 bits per heavy atom. The van der Waals surface area contributed by atoms with Crippen molar-refractivity contribution in [1.82, 2.24) is 9.88 Å². The minimum atomic E-state index is -0.545. The van der Waals surface area contributed by atoms with Crippen LogP contribution < -0.4 is 4.74 Å². The number of hydrogen-bond acceptors (Lipinski definition) is 5. The van der Waals surface area contributed by atoms with Gasteiger partial charge in [0.15, 0.2) is 0 Å². The highest BCUT2D eigenvalue weighted by molar-refractivity contribution is 5.98. The van der Waals surface area contributed by atoms with Crippen LogP contribution in [0.3, 0.4) is 0 Å². The van der Waals surface area contributed by atoms with Crippen LogP contribution in [0.1, 0.15) is 39.3 Å². The van der Waals surface area contributed by atoms with Crippen molar-refractivity contribution in [3.05, 3.63) is 58.4 Å². The average Bonchev–Trinajstić information content (AvgIpc) is 2.98. The van der Waals surface area contributed by atoms with E-state index in [0.717, 1.165) is 28.3 Å². The molecule has 2 unspecified atom stereocenters. The summed E-state index contributed by atoms with van der Waals surface area (Å²) in [6.07, 6.45) is 0.718. The van der Waals surface area contributed by atoms with Crippen molar-refractivity contribution in [3.8, 4) is 5.75 Å². The highest BCUT2D eigenvalue weighted by Crippen LogP contribution is 2.29. The fourth-order valence-corrected chi connectivity index (χ4v) is 3.81. The summed E-state index contributed by atoms with van der Waals surface area (Å²) >= 11 is 0. The van der Waals surface area contributed by atoms with Crippen LogP contribution in [0.2, 0.25) is 0 Å². The van der Waals surface area contributed by atoms with Gasteiger partial charge in [-0.15, -0.1) is 0 Å². The lowest BCUT2D eigenvalue weighted by molar-refractivity contribution is -0.0529. The molecular weight excluding hydrogens is 344 g/mol. The molecule has 0 bridgehead atoms. The van der Waals surface area contributed by atoms with Crippen LogP contribution in [0, 0.1) is 6.92 Å². The number of aryl methyl sites for hydroxylation is 1. The maximum absolute atomic E-state index is 12.9. The zero-order valence-corrected chi connectivity index (χ0v) is 15.6. The van der Waals surface area contributed by atoms with Crippen molar-refractivity contribution in [2.45, 2.75) is 38.5 Å². The molecule has 6 heteroatoms. The number of hydrogen-bond donors (Lipinski definition) is 1. The highest BCUT2D eigenvalue weighted by Gasteiger charge is 2.38. The number of rotatable bonds is 4. The third-order valence-electron chi connectivity index (χ3n) is 5.45. The van der Waals surface area contributed by atoms with Crippen LogP contribution in [0.5, 0.6) is 5.75 Å². The number of aromatic nitrogens is 1. The van der Waals surface area contributed by atoms with Gasteiger partial charge in [-0.05, 0) is 49.1 Å². The summed E-state index contributed by atoms with van der Waals surface area (Å²) in [5.74, 6) is 0.754. The van der Waals surface area contributed by atoms with Gasteiger partial charge in [-0.3, -0.25) is 9.78 Å². The van der Waals surface area contributed by atoms with Gasteiger partial charge in [-0.1, -0.05) is 12.1 Å². The zero-order chi connectivity index (χ0) is 19.0. The Kier molecular flexibility index (Phi) is 4.85. The molecule has 0 radical (unpaired) electrons. The summed E-state index contributed by atoms with van der Waals surface area (Å²) in [6, 6.07) is 9.57. The predicted molar refractivity (Wildman–Crippen MR) is 99.9 cm³/mol. The van der Waals surface area contributed by atoms with Gasteiger partial charge in [0.25, 0.3) is 5.91 Å². The van der Waals surface area contributed by atoms with Crippen LogP contribution in [-0.4, -0.2) is 53.4 Å². The number of amides is 1. The van der Waals surface area contributed by atoms with Gasteiger partial charge < -0.3 is 19.5 Å². The topological polar surface area (TPSA) is 71.9 Å². The minimum Gasteiger partial charge on any atom is -0.497 e. The number of methoxy groups -OCH3 is 1. The first-order valence-corrected chi connectivity index (χ1v) is 9.26. The van der Waals surface area contributed by atoms with E-state index >= 15 is 0 Å². The molecule has 0 spiro atoms. The largest absolute Gasteiger partial charge is 0.497 e. The molecule has 2 aliphatic rings. The maximum atomic E-state index is 12.9. The second-order valence-corrected chi connectivity index (χ2v) is 7.18. The van der Waals surface area contributed by atoms with E-state index in [1.54, 1.807) is 12.0 Å². The monoisotopic (exact) mass is 368 g/mol. The van der Waals surface area contributed by atoms with Crippen molar-refractivity contribution in [2.24, 2.45) is 0 Å². The normalized spacial score (nSPS) is 22.0. The molecule has 1 aromatic heterocycles. The molecule has 0 saturated carbocycles. The van der Waals surface area contributed by atoms with Crippen molar-refractivity contribution in [1.29, 1.82) is 0 Å². The number of pyridine rings is 1. The Bertz CT molecular complexity index is 850. The fraction of sp³-hybridized carbons (Fsp3) is 0.429. The van der Waals surface area contributed by atoms with Crippen LogP contribution in [-0.2, 0) is 17.7 Å².